The summed E-state index contributed by atoms with van der Waals surface area (Å²) in [7, 11) is 0. The zero-order valence-corrected chi connectivity index (χ0v) is 15.9. The highest BCUT2D eigenvalue weighted by Gasteiger charge is 2.44. The molecule has 1 amide bonds. The Kier molecular flexibility index (Phi) is 5.13. The number of carbonyl (C=O) groups is 2. The summed E-state index contributed by atoms with van der Waals surface area (Å²) < 4.78 is 52.7. The van der Waals surface area contributed by atoms with Crippen LogP contribution in [-0.4, -0.2) is 39.4 Å². The van der Waals surface area contributed by atoms with Crippen LogP contribution in [0, 0.1) is 5.82 Å². The van der Waals surface area contributed by atoms with E-state index in [0.717, 1.165) is 11.1 Å². The van der Waals surface area contributed by atoms with E-state index in [9.17, 15) is 27.2 Å². The smallest absolute Gasteiger partial charge is 0.366 e. The average Bonchev–Trinajstić information content (AvgIpc) is 3.33. The van der Waals surface area contributed by atoms with Gasteiger partial charge in [0, 0.05) is 18.1 Å². The fourth-order valence-electron chi connectivity index (χ4n) is 3.61. The highest BCUT2D eigenvalue weighted by atomic mass is 19.4. The number of primary amides is 1. The molecule has 2 aromatic carbocycles. The second-order valence-electron chi connectivity index (χ2n) is 7.10. The van der Waals surface area contributed by atoms with E-state index in [1.807, 2.05) is 0 Å². The van der Waals surface area contributed by atoms with Gasteiger partial charge in [0.25, 0.3) is 5.91 Å². The molecule has 1 aliphatic heterocycles. The maximum Gasteiger partial charge on any atom is 0.492 e. The van der Waals surface area contributed by atoms with Crippen molar-refractivity contribution in [2.45, 2.75) is 25.1 Å². The summed E-state index contributed by atoms with van der Waals surface area (Å²) >= 11 is 0. The van der Waals surface area contributed by atoms with Gasteiger partial charge in [-0.1, -0.05) is 12.1 Å². The largest absolute Gasteiger partial charge is 0.492 e. The van der Waals surface area contributed by atoms with Gasteiger partial charge in [0.2, 0.25) is 0 Å². The number of carbonyl (C=O) groups excluding carboxylic acids is 2. The number of amides is 1. The number of halogens is 4. The lowest BCUT2D eigenvalue weighted by atomic mass is 10.1. The van der Waals surface area contributed by atoms with E-state index in [-0.39, 0.29) is 17.6 Å². The Morgan fingerprint density at radius 1 is 1.16 bits per heavy atom. The van der Waals surface area contributed by atoms with Gasteiger partial charge in [-0.3, -0.25) is 4.79 Å². The number of aromatic nitrogens is 2. The zero-order valence-electron chi connectivity index (χ0n) is 15.9. The van der Waals surface area contributed by atoms with Gasteiger partial charge in [-0.2, -0.15) is 18.3 Å². The van der Waals surface area contributed by atoms with Crippen molar-refractivity contribution < 1.29 is 32.0 Å². The van der Waals surface area contributed by atoms with E-state index < -0.39 is 29.9 Å². The van der Waals surface area contributed by atoms with Crippen LogP contribution in [0.15, 0.2) is 42.6 Å². The van der Waals surface area contributed by atoms with Gasteiger partial charge in [0.1, 0.15) is 11.3 Å². The van der Waals surface area contributed by atoms with Crippen molar-refractivity contribution in [3.8, 4) is 5.69 Å². The Labute approximate surface area is 172 Å². The van der Waals surface area contributed by atoms with Crippen LogP contribution >= 0.6 is 0 Å². The Balaban J connectivity index is 1.59. The lowest BCUT2D eigenvalue weighted by molar-refractivity contribution is -0.241. The van der Waals surface area contributed by atoms with Crippen LogP contribution in [0.3, 0.4) is 0 Å². The quantitative estimate of drug-likeness (QED) is 0.633. The number of nitrogens with zero attached hydrogens (tertiary/aromatic N) is 3. The first-order valence-electron chi connectivity index (χ1n) is 9.28. The van der Waals surface area contributed by atoms with Crippen LogP contribution in [0.2, 0.25) is 0 Å². The number of hydrogen-bond acceptors (Lipinski definition) is 5. The van der Waals surface area contributed by atoms with Crippen molar-refractivity contribution in [2.24, 2.45) is 5.73 Å². The Hall–Kier alpha value is -3.47. The first-order valence-corrected chi connectivity index (χ1v) is 9.28. The Bertz CT molecular complexity index is 1160. The number of hydrogen-bond donors (Lipinski definition) is 1. The van der Waals surface area contributed by atoms with Gasteiger partial charge >= 0.3 is 12.1 Å². The number of fused-ring (bicyclic) bond motifs is 1. The van der Waals surface area contributed by atoms with Crippen molar-refractivity contribution in [1.29, 1.82) is 0 Å². The van der Waals surface area contributed by atoms with Crippen LogP contribution in [0.5, 0.6) is 0 Å². The van der Waals surface area contributed by atoms with E-state index in [2.05, 4.69) is 9.94 Å². The van der Waals surface area contributed by atoms with Crippen LogP contribution in [0.1, 0.15) is 34.8 Å². The Morgan fingerprint density at radius 2 is 1.87 bits per heavy atom. The van der Waals surface area contributed by atoms with Crippen LogP contribution in [-0.2, 0) is 9.63 Å². The molecule has 4 rings (SSSR count). The monoisotopic (exact) mass is 436 g/mol. The van der Waals surface area contributed by atoms with Crippen LogP contribution in [0.4, 0.5) is 17.6 Å². The third-order valence-corrected chi connectivity index (χ3v) is 5.02. The number of nitrogens with two attached hydrogens (primary N) is 1. The average molecular weight is 436 g/mol. The van der Waals surface area contributed by atoms with E-state index in [4.69, 9.17) is 5.73 Å². The van der Waals surface area contributed by atoms with Gasteiger partial charge in [0.15, 0.2) is 0 Å². The third kappa shape index (κ3) is 4.08. The van der Waals surface area contributed by atoms with E-state index in [0.29, 0.717) is 29.5 Å². The van der Waals surface area contributed by atoms with E-state index in [1.165, 1.54) is 16.9 Å². The minimum Gasteiger partial charge on any atom is -0.366 e. The minimum absolute atomic E-state index is 0.0431. The predicted octanol–water partition coefficient (Wildman–Crippen LogP) is 3.42. The van der Waals surface area contributed by atoms with Crippen molar-refractivity contribution >= 4 is 22.8 Å². The SMILES string of the molecule is NC(=O)c1cc(F)cc2cn(-c3ccc(C4CCCN4OC(=O)C(F)(F)F)cc3)nc12. The lowest BCUT2D eigenvalue weighted by Gasteiger charge is -2.23. The fourth-order valence-corrected chi connectivity index (χ4v) is 3.61. The normalized spacial score (nSPS) is 17.2. The molecule has 11 heteroatoms. The number of alkyl halides is 3. The van der Waals surface area contributed by atoms with Gasteiger partial charge in [-0.25, -0.2) is 13.9 Å². The third-order valence-electron chi connectivity index (χ3n) is 5.02. The van der Waals surface area contributed by atoms with Crippen molar-refractivity contribution in [1.82, 2.24) is 14.8 Å². The summed E-state index contributed by atoms with van der Waals surface area (Å²) in [5.74, 6) is -3.68. The molecule has 2 heterocycles. The molecule has 2 N–H and O–H groups in total. The van der Waals surface area contributed by atoms with E-state index in [1.54, 1.807) is 24.3 Å². The molecule has 0 spiro atoms. The Morgan fingerprint density at radius 3 is 2.52 bits per heavy atom. The number of rotatable bonds is 4. The minimum atomic E-state index is -5.07. The van der Waals surface area contributed by atoms with E-state index >= 15 is 0 Å². The van der Waals surface area contributed by atoms with Gasteiger partial charge in [-0.15, -0.1) is 5.06 Å². The fraction of sp³-hybridized carbons (Fsp3) is 0.250. The highest BCUT2D eigenvalue weighted by molar-refractivity contribution is 6.04. The molecule has 31 heavy (non-hydrogen) atoms. The number of benzene rings is 2. The van der Waals surface area contributed by atoms with Gasteiger partial charge in [-0.05, 0) is 42.7 Å². The molecule has 1 aromatic heterocycles. The molecule has 1 unspecified atom stereocenters. The first kappa shape index (κ1) is 20.8. The maximum atomic E-state index is 13.7. The molecule has 1 atom stereocenters. The summed E-state index contributed by atoms with van der Waals surface area (Å²) in [5, 5.41) is 5.72. The van der Waals surface area contributed by atoms with Gasteiger partial charge in [0.05, 0.1) is 17.3 Å². The number of hydroxylamine groups is 2. The molecule has 7 nitrogen and oxygen atoms in total. The second kappa shape index (κ2) is 7.65. The maximum absolute atomic E-state index is 13.7. The molecular weight excluding hydrogens is 420 g/mol. The molecule has 1 fully saturated rings. The summed E-state index contributed by atoms with van der Waals surface area (Å²) in [6, 6.07) is 8.44. The van der Waals surface area contributed by atoms with Crippen molar-refractivity contribution in [2.75, 3.05) is 6.54 Å². The molecular formula is C20H16F4N4O3. The first-order chi connectivity index (χ1) is 14.6. The molecule has 0 aliphatic carbocycles. The summed E-state index contributed by atoms with van der Waals surface area (Å²) in [6.45, 7) is 0.195. The molecule has 1 aliphatic rings. The second-order valence-corrected chi connectivity index (χ2v) is 7.10. The molecule has 0 bridgehead atoms. The topological polar surface area (TPSA) is 90.5 Å². The van der Waals surface area contributed by atoms with Crippen LogP contribution < -0.4 is 5.73 Å². The van der Waals surface area contributed by atoms with Crippen molar-refractivity contribution in [3.63, 3.8) is 0 Å². The summed E-state index contributed by atoms with van der Waals surface area (Å²) in [5.41, 5.74) is 6.74. The van der Waals surface area contributed by atoms with Crippen LogP contribution in [0.25, 0.3) is 16.6 Å². The molecule has 162 valence electrons. The molecule has 3 aromatic rings. The zero-order chi connectivity index (χ0) is 22.3. The summed E-state index contributed by atoms with van der Waals surface area (Å²) in [4.78, 5) is 27.2. The molecule has 1 saturated heterocycles. The standard InChI is InChI=1S/C20H16F4N4O3/c21-13-8-12-10-27(26-17(12)15(9-13)18(25)29)14-5-3-11(4-6-14)16-2-1-7-28(16)31-19(30)20(22,23)24/h3-6,8-10,16H,1-2,7H2,(H2,25,29). The van der Waals surface area contributed by atoms with Gasteiger partial charge < -0.3 is 10.6 Å². The summed E-state index contributed by atoms with van der Waals surface area (Å²) in [6.07, 6.45) is -2.43. The molecule has 0 saturated carbocycles. The highest BCUT2D eigenvalue weighted by Crippen LogP contribution is 2.34. The predicted molar refractivity (Wildman–Crippen MR) is 100 cm³/mol. The van der Waals surface area contributed by atoms with Crippen molar-refractivity contribution in [3.05, 3.63) is 59.5 Å². The lowest BCUT2D eigenvalue weighted by Crippen LogP contribution is -2.34. The molecule has 0 radical (unpaired) electrons.